The number of para-hydroxylation sites is 1. The van der Waals surface area contributed by atoms with Crippen LogP contribution in [0.1, 0.15) is 24.1 Å². The molecule has 1 atom stereocenters. The molecule has 0 saturated carbocycles. The Bertz CT molecular complexity index is 739. The van der Waals surface area contributed by atoms with Gasteiger partial charge in [-0.15, -0.1) is 10.2 Å². The second-order valence-corrected chi connectivity index (χ2v) is 4.94. The van der Waals surface area contributed by atoms with Gasteiger partial charge in [-0.2, -0.15) is 0 Å². The normalized spacial score (nSPS) is 12.3. The van der Waals surface area contributed by atoms with Crippen LogP contribution in [-0.4, -0.2) is 15.2 Å². The topological polar surface area (TPSA) is 76.7 Å². The fourth-order valence-corrected chi connectivity index (χ4v) is 2.16. The molecule has 0 spiro atoms. The van der Waals surface area contributed by atoms with E-state index < -0.39 is 0 Å². The number of rotatable bonds is 4. The summed E-state index contributed by atoms with van der Waals surface area (Å²) >= 11 is 0. The minimum atomic E-state index is 0.0970. The molecule has 3 aromatic rings. The van der Waals surface area contributed by atoms with Crippen molar-refractivity contribution in [1.82, 2.24) is 15.2 Å². The summed E-state index contributed by atoms with van der Waals surface area (Å²) in [5.41, 5.74) is 9.51. The molecule has 0 radical (unpaired) electrons. The van der Waals surface area contributed by atoms with E-state index in [0.29, 0.717) is 12.5 Å². The van der Waals surface area contributed by atoms with Crippen LogP contribution < -0.4 is 11.1 Å². The Balaban J connectivity index is 1.79. The summed E-state index contributed by atoms with van der Waals surface area (Å²) in [5.74, 6) is 0.532. The molecule has 0 saturated heterocycles. The second kappa shape index (κ2) is 5.85. The van der Waals surface area contributed by atoms with Crippen LogP contribution in [0.2, 0.25) is 0 Å². The lowest BCUT2D eigenvalue weighted by atomic mass is 10.1. The van der Waals surface area contributed by atoms with Crippen molar-refractivity contribution in [2.24, 2.45) is 5.73 Å². The lowest BCUT2D eigenvalue weighted by Crippen LogP contribution is -2.10. The fourth-order valence-electron chi connectivity index (χ4n) is 2.16. The van der Waals surface area contributed by atoms with Crippen molar-refractivity contribution in [3.8, 4) is 0 Å². The highest BCUT2D eigenvalue weighted by molar-refractivity contribution is 5.74. The number of hydrogen-bond acceptors (Lipinski definition) is 5. The van der Waals surface area contributed by atoms with E-state index in [4.69, 9.17) is 5.73 Å². The Morgan fingerprint density at radius 1 is 1.00 bits per heavy atom. The summed E-state index contributed by atoms with van der Waals surface area (Å²) in [5, 5.41) is 11.5. The third kappa shape index (κ3) is 2.98. The van der Waals surface area contributed by atoms with E-state index in [0.717, 1.165) is 22.2 Å². The molecule has 0 aliphatic heterocycles. The van der Waals surface area contributed by atoms with Crippen molar-refractivity contribution in [3.05, 3.63) is 59.7 Å². The van der Waals surface area contributed by atoms with Gasteiger partial charge in [0.25, 0.3) is 0 Å². The molecule has 0 bridgehead atoms. The van der Waals surface area contributed by atoms with Crippen LogP contribution in [0, 0.1) is 0 Å². The van der Waals surface area contributed by atoms with Crippen molar-refractivity contribution in [2.45, 2.75) is 19.5 Å². The molecule has 5 heteroatoms. The van der Waals surface area contributed by atoms with Crippen molar-refractivity contribution in [1.29, 1.82) is 0 Å². The van der Waals surface area contributed by atoms with E-state index in [1.807, 2.05) is 36.4 Å². The molecule has 3 rings (SSSR count). The molecule has 2 aromatic carbocycles. The molecule has 1 heterocycles. The molecule has 3 N–H and O–H groups in total. The van der Waals surface area contributed by atoms with Gasteiger partial charge in [-0.05, 0) is 30.2 Å². The Labute approximate surface area is 123 Å². The maximum Gasteiger partial charge on any atom is 0.243 e. The van der Waals surface area contributed by atoms with Gasteiger partial charge in [0.2, 0.25) is 5.95 Å². The highest BCUT2D eigenvalue weighted by atomic mass is 15.2. The van der Waals surface area contributed by atoms with Crippen molar-refractivity contribution in [2.75, 3.05) is 5.32 Å². The SMILES string of the molecule is CC(Nc1nnc2ccccc2n1)c1ccc(CN)cc1. The standard InChI is InChI=1S/C16H17N5/c1-11(13-8-6-12(10-17)7-9-13)18-16-19-14-4-2-3-5-15(14)20-21-16/h2-9,11H,10,17H2,1H3,(H,18,19,21). The van der Waals surface area contributed by atoms with Gasteiger partial charge in [-0.25, -0.2) is 4.98 Å². The zero-order chi connectivity index (χ0) is 14.7. The smallest absolute Gasteiger partial charge is 0.243 e. The molecule has 1 unspecified atom stereocenters. The van der Waals surface area contributed by atoms with Gasteiger partial charge in [0.15, 0.2) is 0 Å². The molecule has 0 amide bonds. The van der Waals surface area contributed by atoms with E-state index in [-0.39, 0.29) is 6.04 Å². The lowest BCUT2D eigenvalue weighted by Gasteiger charge is -2.14. The summed E-state index contributed by atoms with van der Waals surface area (Å²) in [7, 11) is 0. The minimum Gasteiger partial charge on any atom is -0.346 e. The average Bonchev–Trinajstić information content (AvgIpc) is 2.55. The number of aromatic nitrogens is 3. The van der Waals surface area contributed by atoms with Gasteiger partial charge in [-0.3, -0.25) is 0 Å². The van der Waals surface area contributed by atoms with Gasteiger partial charge in [0.05, 0.1) is 11.6 Å². The van der Waals surface area contributed by atoms with Crippen molar-refractivity contribution < 1.29 is 0 Å². The lowest BCUT2D eigenvalue weighted by molar-refractivity contribution is 0.847. The minimum absolute atomic E-state index is 0.0970. The maximum atomic E-state index is 5.61. The predicted octanol–water partition coefficient (Wildman–Crippen LogP) is 2.66. The largest absolute Gasteiger partial charge is 0.346 e. The summed E-state index contributed by atoms with van der Waals surface area (Å²) in [6.07, 6.45) is 0. The van der Waals surface area contributed by atoms with Crippen LogP contribution in [0.4, 0.5) is 5.95 Å². The summed E-state index contributed by atoms with van der Waals surface area (Å²) in [4.78, 5) is 4.47. The number of anilines is 1. The predicted molar refractivity (Wildman–Crippen MR) is 83.7 cm³/mol. The zero-order valence-electron chi connectivity index (χ0n) is 11.8. The number of benzene rings is 2. The first kappa shape index (κ1) is 13.5. The molecule has 21 heavy (non-hydrogen) atoms. The molecule has 1 aromatic heterocycles. The van der Waals surface area contributed by atoms with E-state index in [1.54, 1.807) is 0 Å². The number of nitrogens with one attached hydrogen (secondary N) is 1. The van der Waals surface area contributed by atoms with E-state index in [1.165, 1.54) is 0 Å². The highest BCUT2D eigenvalue weighted by Crippen LogP contribution is 2.18. The Morgan fingerprint density at radius 2 is 1.71 bits per heavy atom. The average molecular weight is 279 g/mol. The van der Waals surface area contributed by atoms with Gasteiger partial charge in [0, 0.05) is 6.54 Å². The molecule has 0 aliphatic rings. The Hall–Kier alpha value is -2.53. The first-order valence-electron chi connectivity index (χ1n) is 6.91. The molecule has 5 nitrogen and oxygen atoms in total. The monoisotopic (exact) mass is 279 g/mol. The van der Waals surface area contributed by atoms with Gasteiger partial charge in [-0.1, -0.05) is 36.4 Å². The molecule has 0 aliphatic carbocycles. The quantitative estimate of drug-likeness (QED) is 0.767. The number of nitrogens with zero attached hydrogens (tertiary/aromatic N) is 3. The van der Waals surface area contributed by atoms with Crippen LogP contribution in [0.3, 0.4) is 0 Å². The van der Waals surface area contributed by atoms with Crippen LogP contribution in [0.15, 0.2) is 48.5 Å². The third-order valence-electron chi connectivity index (χ3n) is 3.42. The number of hydrogen-bond donors (Lipinski definition) is 2. The third-order valence-corrected chi connectivity index (χ3v) is 3.42. The first-order chi connectivity index (χ1) is 10.3. The maximum absolute atomic E-state index is 5.61. The van der Waals surface area contributed by atoms with Crippen LogP contribution in [0.25, 0.3) is 11.0 Å². The van der Waals surface area contributed by atoms with E-state index >= 15 is 0 Å². The van der Waals surface area contributed by atoms with Gasteiger partial charge >= 0.3 is 0 Å². The van der Waals surface area contributed by atoms with Crippen LogP contribution in [0.5, 0.6) is 0 Å². The summed E-state index contributed by atoms with van der Waals surface area (Å²) < 4.78 is 0. The van der Waals surface area contributed by atoms with Crippen LogP contribution in [-0.2, 0) is 6.54 Å². The van der Waals surface area contributed by atoms with Crippen molar-refractivity contribution in [3.63, 3.8) is 0 Å². The van der Waals surface area contributed by atoms with E-state index in [2.05, 4.69) is 39.6 Å². The number of fused-ring (bicyclic) bond motifs is 1. The van der Waals surface area contributed by atoms with Gasteiger partial charge < -0.3 is 11.1 Å². The Morgan fingerprint density at radius 3 is 2.43 bits per heavy atom. The van der Waals surface area contributed by atoms with Crippen LogP contribution >= 0.6 is 0 Å². The Kier molecular flexibility index (Phi) is 3.75. The highest BCUT2D eigenvalue weighted by Gasteiger charge is 2.08. The molecular formula is C16H17N5. The van der Waals surface area contributed by atoms with E-state index in [9.17, 15) is 0 Å². The number of nitrogens with two attached hydrogens (primary N) is 1. The second-order valence-electron chi connectivity index (χ2n) is 4.94. The zero-order valence-corrected chi connectivity index (χ0v) is 11.8. The fraction of sp³-hybridized carbons (Fsp3) is 0.188. The van der Waals surface area contributed by atoms with Gasteiger partial charge in [0.1, 0.15) is 5.52 Å². The molecular weight excluding hydrogens is 262 g/mol. The van der Waals surface area contributed by atoms with Crippen molar-refractivity contribution >= 4 is 17.0 Å². The molecule has 106 valence electrons. The summed E-state index contributed by atoms with van der Waals surface area (Å²) in [6.45, 7) is 2.62. The summed E-state index contributed by atoms with van der Waals surface area (Å²) in [6, 6.07) is 16.0. The first-order valence-corrected chi connectivity index (χ1v) is 6.91. The molecule has 0 fully saturated rings.